The van der Waals surface area contributed by atoms with E-state index >= 15 is 0 Å². The SMILES string of the molecule is CCC(C)CC(C)NCC(O)c1ccc2c(c1)OCCO2. The molecule has 3 unspecified atom stereocenters. The van der Waals surface area contributed by atoms with Gasteiger partial charge in [0.25, 0.3) is 0 Å². The van der Waals surface area contributed by atoms with Crippen LogP contribution in [0.1, 0.15) is 45.3 Å². The number of aliphatic hydroxyl groups is 1. The van der Waals surface area contributed by atoms with Crippen LogP contribution in [0.25, 0.3) is 0 Å². The van der Waals surface area contributed by atoms with Crippen LogP contribution in [0, 0.1) is 5.92 Å². The molecule has 0 amide bonds. The van der Waals surface area contributed by atoms with E-state index in [2.05, 4.69) is 26.1 Å². The summed E-state index contributed by atoms with van der Waals surface area (Å²) in [5.41, 5.74) is 0.863. The molecule has 1 aliphatic heterocycles. The molecule has 1 aromatic rings. The van der Waals surface area contributed by atoms with E-state index in [4.69, 9.17) is 9.47 Å². The van der Waals surface area contributed by atoms with Crippen molar-refractivity contribution in [1.82, 2.24) is 5.32 Å². The van der Waals surface area contributed by atoms with Gasteiger partial charge in [0.05, 0.1) is 6.10 Å². The summed E-state index contributed by atoms with van der Waals surface area (Å²) in [5.74, 6) is 2.19. The lowest BCUT2D eigenvalue weighted by atomic mass is 10.00. The Labute approximate surface area is 127 Å². The van der Waals surface area contributed by atoms with E-state index < -0.39 is 6.10 Å². The smallest absolute Gasteiger partial charge is 0.161 e. The van der Waals surface area contributed by atoms with Crippen LogP contribution in [0.15, 0.2) is 18.2 Å². The lowest BCUT2D eigenvalue weighted by Gasteiger charge is -2.22. The average Bonchev–Trinajstić information content (AvgIpc) is 2.51. The lowest BCUT2D eigenvalue weighted by molar-refractivity contribution is 0.160. The maximum absolute atomic E-state index is 10.3. The summed E-state index contributed by atoms with van der Waals surface area (Å²) in [6, 6.07) is 6.06. The van der Waals surface area contributed by atoms with Crippen LogP contribution in [0.5, 0.6) is 11.5 Å². The Hall–Kier alpha value is -1.26. The molecule has 0 bridgehead atoms. The molecule has 4 nitrogen and oxygen atoms in total. The normalized spacial score (nSPS) is 18.1. The second-order valence-corrected chi connectivity index (χ2v) is 5.98. The third-order valence-electron chi connectivity index (χ3n) is 4.06. The first-order chi connectivity index (χ1) is 10.1. The Morgan fingerprint density at radius 2 is 1.90 bits per heavy atom. The fourth-order valence-corrected chi connectivity index (χ4v) is 2.55. The molecule has 1 aliphatic rings. The zero-order valence-electron chi connectivity index (χ0n) is 13.3. The van der Waals surface area contributed by atoms with E-state index in [0.717, 1.165) is 23.5 Å². The zero-order valence-corrected chi connectivity index (χ0v) is 13.3. The average molecular weight is 293 g/mol. The highest BCUT2D eigenvalue weighted by atomic mass is 16.6. The molecule has 1 heterocycles. The van der Waals surface area contributed by atoms with E-state index in [1.165, 1.54) is 6.42 Å². The Morgan fingerprint density at radius 1 is 1.19 bits per heavy atom. The molecule has 0 saturated carbocycles. The summed E-state index contributed by atoms with van der Waals surface area (Å²) >= 11 is 0. The summed E-state index contributed by atoms with van der Waals surface area (Å²) in [6.45, 7) is 8.34. The number of hydrogen-bond donors (Lipinski definition) is 2. The Kier molecular flexibility index (Phi) is 5.88. The van der Waals surface area contributed by atoms with Crippen molar-refractivity contribution in [2.75, 3.05) is 19.8 Å². The number of aliphatic hydroxyl groups excluding tert-OH is 1. The summed E-state index contributed by atoms with van der Waals surface area (Å²) < 4.78 is 11.0. The van der Waals surface area contributed by atoms with Gasteiger partial charge in [-0.1, -0.05) is 26.3 Å². The number of hydrogen-bond acceptors (Lipinski definition) is 4. The van der Waals surface area contributed by atoms with Crippen LogP contribution in [0.3, 0.4) is 0 Å². The van der Waals surface area contributed by atoms with Crippen molar-refractivity contribution < 1.29 is 14.6 Å². The van der Waals surface area contributed by atoms with Crippen molar-refractivity contribution in [3.8, 4) is 11.5 Å². The first-order valence-corrected chi connectivity index (χ1v) is 7.91. The van der Waals surface area contributed by atoms with Gasteiger partial charge >= 0.3 is 0 Å². The van der Waals surface area contributed by atoms with Crippen molar-refractivity contribution in [2.45, 2.75) is 45.8 Å². The van der Waals surface area contributed by atoms with Crippen molar-refractivity contribution in [2.24, 2.45) is 5.92 Å². The lowest BCUT2D eigenvalue weighted by Crippen LogP contribution is -2.31. The van der Waals surface area contributed by atoms with Crippen LogP contribution in [-0.4, -0.2) is 30.9 Å². The largest absolute Gasteiger partial charge is 0.486 e. The number of rotatable bonds is 7. The van der Waals surface area contributed by atoms with E-state index in [1.54, 1.807) is 0 Å². The molecule has 0 fully saturated rings. The van der Waals surface area contributed by atoms with Gasteiger partial charge in [-0.25, -0.2) is 0 Å². The Bertz CT molecular complexity index is 450. The number of benzene rings is 1. The van der Waals surface area contributed by atoms with Crippen LogP contribution >= 0.6 is 0 Å². The molecule has 0 aromatic heterocycles. The molecule has 4 heteroatoms. The van der Waals surface area contributed by atoms with E-state index in [-0.39, 0.29) is 0 Å². The van der Waals surface area contributed by atoms with Gasteiger partial charge in [-0.3, -0.25) is 0 Å². The van der Waals surface area contributed by atoms with Gasteiger partial charge in [0, 0.05) is 12.6 Å². The van der Waals surface area contributed by atoms with Gasteiger partial charge in [-0.2, -0.15) is 0 Å². The predicted octanol–water partition coefficient (Wildman–Crippen LogP) is 2.91. The molecule has 2 N–H and O–H groups in total. The molecule has 0 aliphatic carbocycles. The molecule has 0 radical (unpaired) electrons. The van der Waals surface area contributed by atoms with Gasteiger partial charge in [-0.05, 0) is 37.0 Å². The molecular formula is C17H27NO3. The minimum atomic E-state index is -0.528. The summed E-state index contributed by atoms with van der Waals surface area (Å²) in [5, 5.41) is 13.7. The first-order valence-electron chi connectivity index (χ1n) is 7.91. The van der Waals surface area contributed by atoms with Crippen LogP contribution in [0.2, 0.25) is 0 Å². The van der Waals surface area contributed by atoms with E-state index in [9.17, 15) is 5.11 Å². The second kappa shape index (κ2) is 7.66. The Balaban J connectivity index is 1.87. The van der Waals surface area contributed by atoms with Gasteiger partial charge in [0.15, 0.2) is 11.5 Å². The van der Waals surface area contributed by atoms with Crippen LogP contribution in [0.4, 0.5) is 0 Å². The predicted molar refractivity (Wildman–Crippen MR) is 83.9 cm³/mol. The number of nitrogens with one attached hydrogen (secondary N) is 1. The van der Waals surface area contributed by atoms with Crippen LogP contribution in [-0.2, 0) is 0 Å². The zero-order chi connectivity index (χ0) is 15.2. The molecule has 118 valence electrons. The maximum Gasteiger partial charge on any atom is 0.161 e. The molecule has 2 rings (SSSR count). The molecule has 0 saturated heterocycles. The minimum Gasteiger partial charge on any atom is -0.486 e. The molecule has 1 aromatic carbocycles. The number of fused-ring (bicyclic) bond motifs is 1. The highest BCUT2D eigenvalue weighted by molar-refractivity contribution is 5.44. The minimum absolute atomic E-state index is 0.409. The van der Waals surface area contributed by atoms with Gasteiger partial charge in [0.1, 0.15) is 13.2 Å². The molecular weight excluding hydrogens is 266 g/mol. The second-order valence-electron chi connectivity index (χ2n) is 5.98. The molecule has 3 atom stereocenters. The Morgan fingerprint density at radius 3 is 2.62 bits per heavy atom. The third kappa shape index (κ3) is 4.61. The maximum atomic E-state index is 10.3. The van der Waals surface area contributed by atoms with Gasteiger partial charge in [0.2, 0.25) is 0 Å². The van der Waals surface area contributed by atoms with Gasteiger partial charge in [-0.15, -0.1) is 0 Å². The monoisotopic (exact) mass is 293 g/mol. The van der Waals surface area contributed by atoms with Crippen molar-refractivity contribution >= 4 is 0 Å². The fourth-order valence-electron chi connectivity index (χ4n) is 2.55. The summed E-state index contributed by atoms with van der Waals surface area (Å²) in [7, 11) is 0. The summed E-state index contributed by atoms with van der Waals surface area (Å²) in [4.78, 5) is 0. The number of ether oxygens (including phenoxy) is 2. The van der Waals surface area contributed by atoms with Crippen molar-refractivity contribution in [1.29, 1.82) is 0 Å². The summed E-state index contributed by atoms with van der Waals surface area (Å²) in [6.07, 6.45) is 1.79. The highest BCUT2D eigenvalue weighted by Gasteiger charge is 2.16. The topological polar surface area (TPSA) is 50.7 Å². The highest BCUT2D eigenvalue weighted by Crippen LogP contribution is 2.32. The van der Waals surface area contributed by atoms with Crippen molar-refractivity contribution in [3.05, 3.63) is 23.8 Å². The fraction of sp³-hybridized carbons (Fsp3) is 0.647. The first kappa shape index (κ1) is 16.1. The van der Waals surface area contributed by atoms with Crippen LogP contribution < -0.4 is 14.8 Å². The van der Waals surface area contributed by atoms with Gasteiger partial charge < -0.3 is 19.9 Å². The molecule has 0 spiro atoms. The van der Waals surface area contributed by atoms with Crippen molar-refractivity contribution in [3.63, 3.8) is 0 Å². The molecule has 21 heavy (non-hydrogen) atoms. The quantitative estimate of drug-likeness (QED) is 0.811. The third-order valence-corrected chi connectivity index (χ3v) is 4.06. The standard InChI is InChI=1S/C17H27NO3/c1-4-12(2)9-13(3)18-11-15(19)14-5-6-16-17(10-14)21-8-7-20-16/h5-6,10,12-13,15,18-19H,4,7-9,11H2,1-3H3. The van der Waals surface area contributed by atoms with E-state index in [1.807, 2.05) is 18.2 Å². The van der Waals surface area contributed by atoms with E-state index in [0.29, 0.717) is 31.7 Å².